The van der Waals surface area contributed by atoms with Crippen LogP contribution < -0.4 is 10.2 Å². The van der Waals surface area contributed by atoms with Gasteiger partial charge in [0.1, 0.15) is 6.54 Å². The topological polar surface area (TPSA) is 49.4 Å². The molecule has 7 heteroatoms. The van der Waals surface area contributed by atoms with Crippen molar-refractivity contribution in [1.82, 2.24) is 0 Å². The highest BCUT2D eigenvalue weighted by Crippen LogP contribution is 2.34. The summed E-state index contributed by atoms with van der Waals surface area (Å²) in [5.74, 6) is 0.362. The molecule has 0 saturated heterocycles. The van der Waals surface area contributed by atoms with E-state index < -0.39 is 0 Å². The zero-order valence-electron chi connectivity index (χ0n) is 12.6. The SMILES string of the molecule is O=C(CN1C(=O)CCSc2ccccc21)Nc1ccc(Cl)c(Cl)c1. The van der Waals surface area contributed by atoms with Gasteiger partial charge >= 0.3 is 0 Å². The van der Waals surface area contributed by atoms with E-state index in [1.807, 2.05) is 24.3 Å². The molecular formula is C17H14Cl2N2O2S. The van der Waals surface area contributed by atoms with Crippen molar-refractivity contribution in [1.29, 1.82) is 0 Å². The van der Waals surface area contributed by atoms with Gasteiger partial charge in [0, 0.05) is 22.8 Å². The Morgan fingerprint density at radius 2 is 1.96 bits per heavy atom. The normalized spacial score (nSPS) is 14.1. The molecule has 1 aliphatic heterocycles. The van der Waals surface area contributed by atoms with Crippen molar-refractivity contribution in [2.45, 2.75) is 11.3 Å². The van der Waals surface area contributed by atoms with E-state index in [1.165, 1.54) is 4.90 Å². The number of thioether (sulfide) groups is 1. The molecule has 0 fully saturated rings. The van der Waals surface area contributed by atoms with E-state index in [0.29, 0.717) is 27.9 Å². The lowest BCUT2D eigenvalue weighted by Gasteiger charge is -2.22. The first kappa shape index (κ1) is 17.1. The molecule has 0 spiro atoms. The van der Waals surface area contributed by atoms with Gasteiger partial charge in [-0.05, 0) is 30.3 Å². The number of fused-ring (bicyclic) bond motifs is 1. The lowest BCUT2D eigenvalue weighted by molar-refractivity contribution is -0.121. The second-order valence-corrected chi connectivity index (χ2v) is 7.17. The molecule has 0 radical (unpaired) electrons. The zero-order valence-corrected chi connectivity index (χ0v) is 14.9. The van der Waals surface area contributed by atoms with E-state index in [2.05, 4.69) is 5.32 Å². The Bertz CT molecular complexity index is 798. The molecule has 0 unspecified atom stereocenters. The third-order valence-electron chi connectivity index (χ3n) is 3.54. The number of carbonyl (C=O) groups is 2. The van der Waals surface area contributed by atoms with Gasteiger partial charge in [0.15, 0.2) is 0 Å². The van der Waals surface area contributed by atoms with Crippen LogP contribution >= 0.6 is 35.0 Å². The fourth-order valence-corrected chi connectivity index (χ4v) is 3.71. The van der Waals surface area contributed by atoms with Crippen LogP contribution in [0.25, 0.3) is 0 Å². The van der Waals surface area contributed by atoms with Crippen molar-refractivity contribution in [3.63, 3.8) is 0 Å². The summed E-state index contributed by atoms with van der Waals surface area (Å²) in [6.45, 7) is -0.0450. The highest BCUT2D eigenvalue weighted by molar-refractivity contribution is 7.99. The van der Waals surface area contributed by atoms with Gasteiger partial charge in [0.25, 0.3) is 0 Å². The number of benzene rings is 2. The number of halogens is 2. The summed E-state index contributed by atoms with van der Waals surface area (Å²) in [5, 5.41) is 3.53. The molecule has 2 aromatic carbocycles. The minimum atomic E-state index is -0.288. The molecule has 0 aromatic heterocycles. The smallest absolute Gasteiger partial charge is 0.244 e. The van der Waals surface area contributed by atoms with Crippen LogP contribution in [-0.4, -0.2) is 24.1 Å². The van der Waals surface area contributed by atoms with Crippen LogP contribution in [0.4, 0.5) is 11.4 Å². The molecule has 0 bridgehead atoms. The van der Waals surface area contributed by atoms with Gasteiger partial charge in [-0.1, -0.05) is 35.3 Å². The Morgan fingerprint density at radius 1 is 1.17 bits per heavy atom. The van der Waals surface area contributed by atoms with E-state index in [1.54, 1.807) is 30.0 Å². The maximum atomic E-state index is 12.4. The Labute approximate surface area is 154 Å². The molecule has 124 valence electrons. The second-order valence-electron chi connectivity index (χ2n) is 5.22. The fourth-order valence-electron chi connectivity index (χ4n) is 2.41. The van der Waals surface area contributed by atoms with E-state index in [-0.39, 0.29) is 18.4 Å². The lowest BCUT2D eigenvalue weighted by Crippen LogP contribution is -2.37. The monoisotopic (exact) mass is 380 g/mol. The molecule has 1 heterocycles. The predicted molar refractivity (Wildman–Crippen MR) is 99.2 cm³/mol. The highest BCUT2D eigenvalue weighted by Gasteiger charge is 2.24. The van der Waals surface area contributed by atoms with Crippen molar-refractivity contribution in [2.75, 3.05) is 22.5 Å². The summed E-state index contributed by atoms with van der Waals surface area (Å²) in [4.78, 5) is 27.2. The number of anilines is 2. The van der Waals surface area contributed by atoms with E-state index in [0.717, 1.165) is 10.6 Å². The van der Waals surface area contributed by atoms with Gasteiger partial charge < -0.3 is 10.2 Å². The average Bonchev–Trinajstić information content (AvgIpc) is 2.71. The summed E-state index contributed by atoms with van der Waals surface area (Å²) in [7, 11) is 0. The van der Waals surface area contributed by atoms with Gasteiger partial charge in [-0.3, -0.25) is 9.59 Å². The Morgan fingerprint density at radius 3 is 2.75 bits per heavy atom. The van der Waals surface area contributed by atoms with E-state index in [9.17, 15) is 9.59 Å². The third-order valence-corrected chi connectivity index (χ3v) is 5.34. The molecule has 1 N–H and O–H groups in total. The number of hydrogen-bond donors (Lipinski definition) is 1. The molecule has 24 heavy (non-hydrogen) atoms. The lowest BCUT2D eigenvalue weighted by atomic mass is 10.2. The quantitative estimate of drug-likeness (QED) is 0.854. The molecule has 4 nitrogen and oxygen atoms in total. The van der Waals surface area contributed by atoms with Crippen LogP contribution in [0, 0.1) is 0 Å². The fraction of sp³-hybridized carbons (Fsp3) is 0.176. The first-order valence-corrected chi connectivity index (χ1v) is 9.06. The third kappa shape index (κ3) is 3.86. The standard InChI is InChI=1S/C17H14Cl2N2O2S/c18-12-6-5-11(9-13(12)19)20-16(22)10-21-14-3-1-2-4-15(14)24-8-7-17(21)23/h1-6,9H,7-8,10H2,(H,20,22). The highest BCUT2D eigenvalue weighted by atomic mass is 35.5. The molecule has 2 amide bonds. The van der Waals surface area contributed by atoms with Gasteiger partial charge in [0.05, 0.1) is 15.7 Å². The average molecular weight is 381 g/mol. The number of nitrogens with one attached hydrogen (secondary N) is 1. The Kier molecular flexibility index (Phi) is 5.33. The van der Waals surface area contributed by atoms with Crippen LogP contribution in [0.2, 0.25) is 10.0 Å². The summed E-state index contributed by atoms with van der Waals surface area (Å²) < 4.78 is 0. The Hall–Kier alpha value is -1.69. The summed E-state index contributed by atoms with van der Waals surface area (Å²) in [6.07, 6.45) is 0.402. The molecule has 2 aromatic rings. The summed E-state index contributed by atoms with van der Waals surface area (Å²) in [5.41, 5.74) is 1.31. The number of amides is 2. The number of para-hydroxylation sites is 1. The van der Waals surface area contributed by atoms with Gasteiger partial charge in [0.2, 0.25) is 11.8 Å². The minimum absolute atomic E-state index is 0.0450. The van der Waals surface area contributed by atoms with Crippen LogP contribution in [-0.2, 0) is 9.59 Å². The number of carbonyl (C=O) groups excluding carboxylic acids is 2. The van der Waals surface area contributed by atoms with Crippen molar-refractivity contribution >= 4 is 58.2 Å². The van der Waals surface area contributed by atoms with Gasteiger partial charge in [-0.2, -0.15) is 0 Å². The Balaban J connectivity index is 1.77. The van der Waals surface area contributed by atoms with Crippen LogP contribution in [0.1, 0.15) is 6.42 Å². The zero-order chi connectivity index (χ0) is 17.1. The molecule has 1 aliphatic rings. The predicted octanol–water partition coefficient (Wildman–Crippen LogP) is 4.46. The second kappa shape index (κ2) is 7.47. The first-order chi connectivity index (χ1) is 11.5. The summed E-state index contributed by atoms with van der Waals surface area (Å²) in [6, 6.07) is 12.5. The van der Waals surface area contributed by atoms with Gasteiger partial charge in [-0.15, -0.1) is 11.8 Å². The van der Waals surface area contributed by atoms with Crippen molar-refractivity contribution in [3.8, 4) is 0 Å². The number of nitrogens with zero attached hydrogens (tertiary/aromatic N) is 1. The first-order valence-electron chi connectivity index (χ1n) is 7.31. The summed E-state index contributed by atoms with van der Waals surface area (Å²) >= 11 is 13.4. The molecule has 0 saturated carbocycles. The van der Waals surface area contributed by atoms with Crippen molar-refractivity contribution < 1.29 is 9.59 Å². The minimum Gasteiger partial charge on any atom is -0.324 e. The van der Waals surface area contributed by atoms with Crippen LogP contribution in [0.5, 0.6) is 0 Å². The molecular weight excluding hydrogens is 367 g/mol. The number of hydrogen-bond acceptors (Lipinski definition) is 3. The maximum Gasteiger partial charge on any atom is 0.244 e. The number of rotatable bonds is 3. The van der Waals surface area contributed by atoms with Crippen LogP contribution in [0.15, 0.2) is 47.4 Å². The molecule has 0 aliphatic carbocycles. The van der Waals surface area contributed by atoms with E-state index >= 15 is 0 Å². The van der Waals surface area contributed by atoms with Crippen LogP contribution in [0.3, 0.4) is 0 Å². The van der Waals surface area contributed by atoms with Crippen molar-refractivity contribution in [2.24, 2.45) is 0 Å². The molecule has 3 rings (SSSR count). The maximum absolute atomic E-state index is 12.4. The molecule has 0 atom stereocenters. The van der Waals surface area contributed by atoms with Crippen molar-refractivity contribution in [3.05, 3.63) is 52.5 Å². The van der Waals surface area contributed by atoms with Gasteiger partial charge in [-0.25, -0.2) is 0 Å². The largest absolute Gasteiger partial charge is 0.324 e. The van der Waals surface area contributed by atoms with E-state index in [4.69, 9.17) is 23.2 Å².